The van der Waals surface area contributed by atoms with Gasteiger partial charge in [0.05, 0.1) is 22.6 Å². The molecule has 0 N–H and O–H groups in total. The van der Waals surface area contributed by atoms with E-state index in [4.69, 9.17) is 0 Å². The van der Waals surface area contributed by atoms with E-state index in [1.165, 1.54) is 6.33 Å². The van der Waals surface area contributed by atoms with Gasteiger partial charge in [0.25, 0.3) is 0 Å². The van der Waals surface area contributed by atoms with E-state index < -0.39 is 0 Å². The zero-order valence-electron chi connectivity index (χ0n) is 11.9. The Kier molecular flexibility index (Phi) is 3.76. The highest BCUT2D eigenvalue weighted by atomic mass is 32.1. The second-order valence-electron chi connectivity index (χ2n) is 5.06. The number of rotatable bonds is 4. The van der Waals surface area contributed by atoms with Crippen LogP contribution in [0.2, 0.25) is 0 Å². The molecule has 0 aliphatic carbocycles. The van der Waals surface area contributed by atoms with Crippen molar-refractivity contribution in [2.75, 3.05) is 0 Å². The Balaban J connectivity index is 1.99. The van der Waals surface area contributed by atoms with Gasteiger partial charge in [0.2, 0.25) is 0 Å². The smallest absolute Gasteiger partial charge is 0.159 e. The molecule has 6 heteroatoms. The van der Waals surface area contributed by atoms with Gasteiger partial charge in [-0.25, -0.2) is 19.9 Å². The van der Waals surface area contributed by atoms with Crippen molar-refractivity contribution in [1.29, 1.82) is 5.26 Å². The second kappa shape index (κ2) is 5.70. The standard InChI is InChI=1S/C15H15N5S/c1-3-4-10(5-16)15-18-7-11(21-15)13-12-9(2)6-17-14(12)20-8-19-13/h6-10H,3-4H2,1-2H3. The highest BCUT2D eigenvalue weighted by Crippen LogP contribution is 2.39. The van der Waals surface area contributed by atoms with Crippen LogP contribution in [-0.2, 0) is 0 Å². The van der Waals surface area contributed by atoms with Crippen LogP contribution in [0.1, 0.15) is 49.1 Å². The van der Waals surface area contributed by atoms with Crippen molar-refractivity contribution < 1.29 is 0 Å². The molecule has 2 atom stereocenters. The highest BCUT2D eigenvalue weighted by Gasteiger charge is 2.24. The molecule has 3 rings (SSSR count). The number of thiazole rings is 1. The Morgan fingerprint density at radius 1 is 1.38 bits per heavy atom. The molecule has 0 aromatic carbocycles. The minimum atomic E-state index is -0.127. The van der Waals surface area contributed by atoms with Gasteiger partial charge in [-0.3, -0.25) is 0 Å². The number of nitriles is 1. The summed E-state index contributed by atoms with van der Waals surface area (Å²) in [6, 6.07) is 2.34. The van der Waals surface area contributed by atoms with Crippen LogP contribution in [0.3, 0.4) is 0 Å². The van der Waals surface area contributed by atoms with Crippen LogP contribution in [-0.4, -0.2) is 21.2 Å². The molecule has 5 nitrogen and oxygen atoms in total. The summed E-state index contributed by atoms with van der Waals surface area (Å²) in [5.74, 6) is 0.828. The van der Waals surface area contributed by atoms with Crippen LogP contribution in [0.4, 0.5) is 5.82 Å². The molecule has 3 heterocycles. The molecule has 0 radical (unpaired) electrons. The molecular formula is C15H15N5S. The maximum absolute atomic E-state index is 9.26. The molecule has 21 heavy (non-hydrogen) atoms. The van der Waals surface area contributed by atoms with E-state index >= 15 is 0 Å². The SMILES string of the molecule is CCCC(C#N)c1ncc(-c2ncnc3c2C(C)C=N3)s1. The molecular weight excluding hydrogens is 282 g/mol. The van der Waals surface area contributed by atoms with Gasteiger partial charge in [-0.15, -0.1) is 11.3 Å². The number of hydrogen-bond donors (Lipinski definition) is 0. The maximum atomic E-state index is 9.26. The van der Waals surface area contributed by atoms with E-state index in [1.54, 1.807) is 11.3 Å². The lowest BCUT2D eigenvalue weighted by molar-refractivity contribution is 0.722. The number of aromatic nitrogens is 3. The molecule has 0 saturated carbocycles. The largest absolute Gasteiger partial charge is 0.248 e. The third-order valence-corrected chi connectivity index (χ3v) is 4.64. The van der Waals surface area contributed by atoms with Crippen molar-refractivity contribution in [3.8, 4) is 16.6 Å². The first-order valence-corrected chi connectivity index (χ1v) is 7.81. The van der Waals surface area contributed by atoms with E-state index in [0.717, 1.165) is 39.8 Å². The summed E-state index contributed by atoms with van der Waals surface area (Å²) in [6.07, 6.45) is 7.05. The summed E-state index contributed by atoms with van der Waals surface area (Å²) in [4.78, 5) is 18.3. The van der Waals surface area contributed by atoms with Crippen LogP contribution in [0.5, 0.6) is 0 Å². The fraction of sp³-hybridized carbons (Fsp3) is 0.400. The molecule has 0 spiro atoms. The van der Waals surface area contributed by atoms with Gasteiger partial charge in [-0.2, -0.15) is 5.26 Å². The Bertz CT molecular complexity index is 728. The van der Waals surface area contributed by atoms with Gasteiger partial charge < -0.3 is 0 Å². The van der Waals surface area contributed by atoms with Crippen molar-refractivity contribution in [1.82, 2.24) is 15.0 Å². The number of hydrogen-bond acceptors (Lipinski definition) is 6. The number of fused-ring (bicyclic) bond motifs is 1. The zero-order chi connectivity index (χ0) is 14.8. The number of nitrogens with zero attached hydrogens (tertiary/aromatic N) is 5. The Morgan fingerprint density at radius 2 is 2.24 bits per heavy atom. The maximum Gasteiger partial charge on any atom is 0.159 e. The quantitative estimate of drug-likeness (QED) is 0.859. The predicted molar refractivity (Wildman–Crippen MR) is 83.0 cm³/mol. The summed E-state index contributed by atoms with van der Waals surface area (Å²) in [6.45, 7) is 4.16. The molecule has 0 saturated heterocycles. The van der Waals surface area contributed by atoms with Crippen molar-refractivity contribution >= 4 is 23.4 Å². The Morgan fingerprint density at radius 3 is 3.00 bits per heavy atom. The summed E-state index contributed by atoms with van der Waals surface area (Å²) in [5.41, 5.74) is 1.94. The first-order chi connectivity index (χ1) is 10.2. The van der Waals surface area contributed by atoms with Gasteiger partial charge in [0.15, 0.2) is 5.82 Å². The van der Waals surface area contributed by atoms with Gasteiger partial charge in [0, 0.05) is 23.9 Å². The minimum Gasteiger partial charge on any atom is -0.248 e. The third kappa shape index (κ3) is 2.45. The molecule has 0 fully saturated rings. The monoisotopic (exact) mass is 297 g/mol. The molecule has 2 aromatic heterocycles. The topological polar surface area (TPSA) is 74.8 Å². The van der Waals surface area contributed by atoms with Gasteiger partial charge >= 0.3 is 0 Å². The Labute approximate surface area is 127 Å². The molecule has 2 aromatic rings. The van der Waals surface area contributed by atoms with E-state index in [9.17, 15) is 5.26 Å². The van der Waals surface area contributed by atoms with Crippen molar-refractivity contribution in [3.63, 3.8) is 0 Å². The van der Waals surface area contributed by atoms with E-state index in [0.29, 0.717) is 0 Å². The molecule has 106 valence electrons. The van der Waals surface area contributed by atoms with Crippen LogP contribution in [0.25, 0.3) is 10.6 Å². The molecule has 0 bridgehead atoms. The predicted octanol–water partition coefficient (Wildman–Crippen LogP) is 3.83. The average Bonchev–Trinajstić information content (AvgIpc) is 3.12. The molecule has 1 aliphatic heterocycles. The normalized spacial score (nSPS) is 17.5. The van der Waals surface area contributed by atoms with Gasteiger partial charge in [0.1, 0.15) is 11.3 Å². The summed E-state index contributed by atoms with van der Waals surface area (Å²) in [5, 5.41) is 10.1. The minimum absolute atomic E-state index is 0.127. The van der Waals surface area contributed by atoms with E-state index in [2.05, 4.69) is 39.9 Å². The van der Waals surface area contributed by atoms with Crippen LogP contribution >= 0.6 is 11.3 Å². The van der Waals surface area contributed by atoms with E-state index in [1.807, 2.05) is 12.4 Å². The summed E-state index contributed by atoms with van der Waals surface area (Å²) >= 11 is 1.55. The first-order valence-electron chi connectivity index (χ1n) is 6.99. The first kappa shape index (κ1) is 13.8. The Hall–Kier alpha value is -2.13. The highest BCUT2D eigenvalue weighted by molar-refractivity contribution is 7.15. The van der Waals surface area contributed by atoms with Gasteiger partial charge in [-0.1, -0.05) is 20.3 Å². The molecule has 1 aliphatic rings. The lowest BCUT2D eigenvalue weighted by Gasteiger charge is -2.07. The number of aliphatic imine (C=N–C) groups is 1. The van der Waals surface area contributed by atoms with Crippen molar-refractivity contribution in [2.24, 2.45) is 4.99 Å². The summed E-state index contributed by atoms with van der Waals surface area (Å²) in [7, 11) is 0. The van der Waals surface area contributed by atoms with Crippen LogP contribution < -0.4 is 0 Å². The van der Waals surface area contributed by atoms with Gasteiger partial charge in [-0.05, 0) is 6.42 Å². The van der Waals surface area contributed by atoms with Crippen molar-refractivity contribution in [2.45, 2.75) is 38.5 Å². The lowest BCUT2D eigenvalue weighted by atomic mass is 10.0. The van der Waals surface area contributed by atoms with Crippen LogP contribution in [0.15, 0.2) is 17.5 Å². The van der Waals surface area contributed by atoms with Crippen molar-refractivity contribution in [3.05, 3.63) is 23.1 Å². The lowest BCUT2D eigenvalue weighted by Crippen LogP contribution is -1.95. The third-order valence-electron chi connectivity index (χ3n) is 3.53. The average molecular weight is 297 g/mol. The molecule has 0 amide bonds. The fourth-order valence-corrected chi connectivity index (χ4v) is 3.46. The van der Waals surface area contributed by atoms with Crippen LogP contribution in [0, 0.1) is 11.3 Å². The summed E-state index contributed by atoms with van der Waals surface area (Å²) < 4.78 is 0. The fourth-order valence-electron chi connectivity index (χ4n) is 2.45. The zero-order valence-corrected chi connectivity index (χ0v) is 12.8. The second-order valence-corrected chi connectivity index (χ2v) is 6.12. The van der Waals surface area contributed by atoms with E-state index in [-0.39, 0.29) is 11.8 Å². The molecule has 2 unspecified atom stereocenters.